The molecule has 2 aromatic rings. The second-order valence-corrected chi connectivity index (χ2v) is 8.75. The van der Waals surface area contributed by atoms with Gasteiger partial charge in [-0.15, -0.1) is 0 Å². The average Bonchev–Trinajstić information content (AvgIpc) is 2.74. The van der Waals surface area contributed by atoms with Crippen molar-refractivity contribution in [1.82, 2.24) is 4.98 Å². The normalized spacial score (nSPS) is 23.6. The summed E-state index contributed by atoms with van der Waals surface area (Å²) in [5.74, 6) is -0.233. The fourth-order valence-electron chi connectivity index (χ4n) is 4.25. The zero-order valence-electron chi connectivity index (χ0n) is 16.4. The standard InChI is InChI=1S/C21H20F4N4OS/c22-16-6-5-14(28-18(30)17-7-4-12(10-27-17)21(23,24)25)9-15(16)20-8-2-1-3-13(20)11-31-19(26)29-20/h4-7,9-10,13H,1-3,8,11H2,(H2,26,29)(H,28,30)/t13-,20-/m0/s1. The van der Waals surface area contributed by atoms with Gasteiger partial charge in [-0.05, 0) is 49.1 Å². The van der Waals surface area contributed by atoms with Gasteiger partial charge >= 0.3 is 6.18 Å². The van der Waals surface area contributed by atoms with E-state index in [9.17, 15) is 22.4 Å². The highest BCUT2D eigenvalue weighted by Gasteiger charge is 2.46. The number of carbonyl (C=O) groups excluding carboxylic acids is 1. The molecule has 1 aromatic heterocycles. The average molecular weight is 452 g/mol. The minimum Gasteiger partial charge on any atom is -0.379 e. The number of fused-ring (bicyclic) bond motifs is 1. The second-order valence-electron chi connectivity index (χ2n) is 7.71. The Hall–Kier alpha value is -2.62. The topological polar surface area (TPSA) is 80.4 Å². The van der Waals surface area contributed by atoms with E-state index < -0.39 is 29.0 Å². The molecule has 1 aromatic carbocycles. The molecule has 0 spiro atoms. The molecule has 4 rings (SSSR count). The minimum absolute atomic E-state index is 0.135. The highest BCUT2D eigenvalue weighted by atomic mass is 32.2. The molecule has 1 aliphatic heterocycles. The van der Waals surface area contributed by atoms with Crippen molar-refractivity contribution in [3.63, 3.8) is 0 Å². The van der Waals surface area contributed by atoms with Crippen molar-refractivity contribution < 1.29 is 22.4 Å². The number of aromatic nitrogens is 1. The Morgan fingerprint density at radius 1 is 1.23 bits per heavy atom. The predicted octanol–water partition coefficient (Wildman–Crippen LogP) is 4.94. The highest BCUT2D eigenvalue weighted by Crippen LogP contribution is 2.50. The number of carbonyl (C=O) groups is 1. The Balaban J connectivity index is 1.62. The monoisotopic (exact) mass is 452 g/mol. The molecular formula is C21H20F4N4OS. The number of amides is 1. The van der Waals surface area contributed by atoms with Crippen LogP contribution in [0.2, 0.25) is 0 Å². The summed E-state index contributed by atoms with van der Waals surface area (Å²) in [5.41, 5.74) is 4.78. The lowest BCUT2D eigenvalue weighted by molar-refractivity contribution is -0.137. The summed E-state index contributed by atoms with van der Waals surface area (Å²) < 4.78 is 53.0. The molecule has 1 saturated carbocycles. The Labute approximate surface area is 180 Å². The number of anilines is 1. The minimum atomic E-state index is -4.54. The number of nitrogens with two attached hydrogens (primary N) is 1. The van der Waals surface area contributed by atoms with E-state index in [-0.39, 0.29) is 11.6 Å². The number of pyridine rings is 1. The third-order valence-electron chi connectivity index (χ3n) is 5.79. The quantitative estimate of drug-likeness (QED) is 0.647. The van der Waals surface area contributed by atoms with Crippen LogP contribution in [-0.4, -0.2) is 21.8 Å². The first-order chi connectivity index (χ1) is 14.7. The number of alkyl halides is 3. The molecule has 1 amide bonds. The van der Waals surface area contributed by atoms with Crippen molar-refractivity contribution in [1.29, 1.82) is 0 Å². The number of amidine groups is 1. The Bertz CT molecular complexity index is 1030. The summed E-state index contributed by atoms with van der Waals surface area (Å²) >= 11 is 1.46. The van der Waals surface area contributed by atoms with Gasteiger partial charge in [-0.25, -0.2) is 4.39 Å². The van der Waals surface area contributed by atoms with E-state index in [2.05, 4.69) is 15.3 Å². The van der Waals surface area contributed by atoms with Crippen molar-refractivity contribution in [2.75, 3.05) is 11.1 Å². The van der Waals surface area contributed by atoms with Crippen LogP contribution in [0.5, 0.6) is 0 Å². The lowest BCUT2D eigenvalue weighted by atomic mass is 9.69. The number of hydrogen-bond donors (Lipinski definition) is 2. The molecule has 31 heavy (non-hydrogen) atoms. The lowest BCUT2D eigenvalue weighted by Crippen LogP contribution is -2.43. The van der Waals surface area contributed by atoms with Gasteiger partial charge < -0.3 is 11.1 Å². The van der Waals surface area contributed by atoms with Crippen LogP contribution in [0.3, 0.4) is 0 Å². The van der Waals surface area contributed by atoms with Gasteiger partial charge in [-0.2, -0.15) is 13.2 Å². The lowest BCUT2D eigenvalue weighted by Gasteiger charge is -2.44. The number of nitrogens with zero attached hydrogens (tertiary/aromatic N) is 2. The van der Waals surface area contributed by atoms with Crippen molar-refractivity contribution in [3.05, 3.63) is 59.2 Å². The second kappa shape index (κ2) is 8.14. The smallest absolute Gasteiger partial charge is 0.379 e. The maximum absolute atomic E-state index is 14.9. The summed E-state index contributed by atoms with van der Waals surface area (Å²) in [6.07, 6.45) is -0.426. The largest absolute Gasteiger partial charge is 0.417 e. The van der Waals surface area contributed by atoms with Gasteiger partial charge in [0.2, 0.25) is 0 Å². The molecule has 2 aliphatic rings. The van der Waals surface area contributed by atoms with Crippen LogP contribution in [0.15, 0.2) is 41.5 Å². The molecule has 1 fully saturated rings. The Kier molecular flexibility index (Phi) is 5.67. The molecule has 2 heterocycles. The zero-order valence-corrected chi connectivity index (χ0v) is 17.2. The van der Waals surface area contributed by atoms with Gasteiger partial charge in [0.05, 0.1) is 11.1 Å². The van der Waals surface area contributed by atoms with E-state index in [0.29, 0.717) is 29.0 Å². The van der Waals surface area contributed by atoms with Crippen molar-refractivity contribution in [3.8, 4) is 0 Å². The van der Waals surface area contributed by atoms with Crippen molar-refractivity contribution >= 4 is 28.5 Å². The van der Waals surface area contributed by atoms with E-state index in [1.54, 1.807) is 6.07 Å². The molecule has 0 saturated heterocycles. The van der Waals surface area contributed by atoms with Crippen molar-refractivity contribution in [2.24, 2.45) is 16.6 Å². The predicted molar refractivity (Wildman–Crippen MR) is 111 cm³/mol. The maximum atomic E-state index is 14.9. The number of hydrogen-bond acceptors (Lipinski definition) is 5. The van der Waals surface area contributed by atoms with Crippen LogP contribution < -0.4 is 11.1 Å². The number of aliphatic imine (C=N–C) groups is 1. The third-order valence-corrected chi connectivity index (χ3v) is 6.75. The molecule has 0 radical (unpaired) electrons. The first-order valence-corrected chi connectivity index (χ1v) is 10.8. The van der Waals surface area contributed by atoms with Gasteiger partial charge in [0, 0.05) is 23.2 Å². The molecule has 2 atom stereocenters. The van der Waals surface area contributed by atoms with E-state index in [0.717, 1.165) is 37.1 Å². The van der Waals surface area contributed by atoms with Gasteiger partial charge in [0.1, 0.15) is 11.5 Å². The summed E-state index contributed by atoms with van der Waals surface area (Å²) in [5, 5.41) is 3.01. The summed E-state index contributed by atoms with van der Waals surface area (Å²) in [6, 6.07) is 6.00. The molecule has 5 nitrogen and oxygen atoms in total. The van der Waals surface area contributed by atoms with Gasteiger partial charge in [0.25, 0.3) is 5.91 Å². The van der Waals surface area contributed by atoms with Crippen LogP contribution in [0.1, 0.15) is 47.3 Å². The fraction of sp³-hybridized carbons (Fsp3) is 0.381. The summed E-state index contributed by atoms with van der Waals surface area (Å²) in [6.45, 7) is 0. The van der Waals surface area contributed by atoms with Crippen LogP contribution in [0, 0.1) is 11.7 Å². The Morgan fingerprint density at radius 2 is 2.03 bits per heavy atom. The van der Waals surface area contributed by atoms with Crippen LogP contribution in [-0.2, 0) is 11.7 Å². The third kappa shape index (κ3) is 4.26. The number of nitrogens with one attached hydrogen (secondary N) is 1. The van der Waals surface area contributed by atoms with E-state index in [1.165, 1.54) is 23.9 Å². The molecular weight excluding hydrogens is 432 g/mol. The molecule has 10 heteroatoms. The summed E-state index contributed by atoms with van der Waals surface area (Å²) in [4.78, 5) is 20.7. The van der Waals surface area contributed by atoms with Crippen LogP contribution in [0.4, 0.5) is 23.2 Å². The van der Waals surface area contributed by atoms with Gasteiger partial charge in [0.15, 0.2) is 5.17 Å². The number of thioether (sulfide) groups is 1. The zero-order chi connectivity index (χ0) is 22.2. The number of rotatable bonds is 3. The van der Waals surface area contributed by atoms with Gasteiger partial charge in [-0.1, -0.05) is 24.6 Å². The van der Waals surface area contributed by atoms with Crippen LogP contribution >= 0.6 is 11.8 Å². The fourth-order valence-corrected chi connectivity index (χ4v) is 5.29. The van der Waals surface area contributed by atoms with Crippen molar-refractivity contribution in [2.45, 2.75) is 37.4 Å². The van der Waals surface area contributed by atoms with E-state index >= 15 is 0 Å². The molecule has 0 unspecified atom stereocenters. The first kappa shape index (κ1) is 21.6. The number of halogens is 4. The maximum Gasteiger partial charge on any atom is 0.417 e. The number of benzene rings is 1. The van der Waals surface area contributed by atoms with Gasteiger partial charge in [-0.3, -0.25) is 14.8 Å². The summed E-state index contributed by atoms with van der Waals surface area (Å²) in [7, 11) is 0. The molecule has 164 valence electrons. The first-order valence-electron chi connectivity index (χ1n) is 9.82. The molecule has 0 bridgehead atoms. The van der Waals surface area contributed by atoms with E-state index in [4.69, 9.17) is 5.73 Å². The Morgan fingerprint density at radius 3 is 2.74 bits per heavy atom. The highest BCUT2D eigenvalue weighted by molar-refractivity contribution is 8.13. The van der Waals surface area contributed by atoms with Crippen LogP contribution in [0.25, 0.3) is 0 Å². The molecule has 1 aliphatic carbocycles. The SMILES string of the molecule is NC1=N[C@@]2(c3cc(NC(=O)c4ccc(C(F)(F)F)cn4)ccc3F)CCCC[C@H]2CS1. The molecule has 3 N–H and O–H groups in total. The van der Waals surface area contributed by atoms with E-state index in [1.807, 2.05) is 0 Å².